The molecule has 11 rings (SSSR count). The van der Waals surface area contributed by atoms with E-state index in [-0.39, 0.29) is 5.41 Å². The van der Waals surface area contributed by atoms with Gasteiger partial charge in [0.2, 0.25) is 0 Å². The zero-order valence-corrected chi connectivity index (χ0v) is 32.3. The van der Waals surface area contributed by atoms with Gasteiger partial charge in [-0.25, -0.2) is 9.97 Å². The van der Waals surface area contributed by atoms with E-state index in [9.17, 15) is 0 Å². The van der Waals surface area contributed by atoms with E-state index in [1.165, 1.54) is 33.4 Å². The zero-order valence-electron chi connectivity index (χ0n) is 32.3. The Morgan fingerprint density at radius 2 is 0.931 bits per heavy atom. The van der Waals surface area contributed by atoms with Gasteiger partial charge in [0.05, 0.1) is 11.4 Å². The van der Waals surface area contributed by atoms with Gasteiger partial charge in [0.25, 0.3) is 0 Å². The van der Waals surface area contributed by atoms with Crippen molar-refractivity contribution in [3.63, 3.8) is 0 Å². The monoisotopic (exact) mass is 742 g/mol. The SMILES string of the molecule is CC1(C)c2ccccc2-c2cccc(-c3cccc(-c4cc(-c5cc(-c6ccccc6)cc(-c6ccc7oc8ccccc8c7c6)c5)nc(-c5ccccc5)n4)c3)c21. The Labute approximate surface area is 338 Å². The second kappa shape index (κ2) is 13.4. The topological polar surface area (TPSA) is 38.9 Å². The Kier molecular flexibility index (Phi) is 7.84. The zero-order chi connectivity index (χ0) is 38.8. The fourth-order valence-corrected chi connectivity index (χ4v) is 9.04. The molecule has 0 amide bonds. The predicted octanol–water partition coefficient (Wildman–Crippen LogP) is 14.7. The summed E-state index contributed by atoms with van der Waals surface area (Å²) in [7, 11) is 0. The van der Waals surface area contributed by atoms with Crippen LogP contribution < -0.4 is 0 Å². The smallest absolute Gasteiger partial charge is 0.160 e. The minimum Gasteiger partial charge on any atom is -0.456 e. The van der Waals surface area contributed by atoms with E-state index in [4.69, 9.17) is 14.4 Å². The Morgan fingerprint density at radius 3 is 1.76 bits per heavy atom. The number of nitrogens with zero attached hydrogens (tertiary/aromatic N) is 2. The second-order valence-corrected chi connectivity index (χ2v) is 15.8. The van der Waals surface area contributed by atoms with Gasteiger partial charge in [0, 0.05) is 32.9 Å². The molecule has 0 saturated carbocycles. The summed E-state index contributed by atoms with van der Waals surface area (Å²) in [5, 5.41) is 2.22. The van der Waals surface area contributed by atoms with Gasteiger partial charge in [0.15, 0.2) is 5.82 Å². The van der Waals surface area contributed by atoms with E-state index in [0.29, 0.717) is 5.82 Å². The first kappa shape index (κ1) is 33.9. The summed E-state index contributed by atoms with van der Waals surface area (Å²) in [6.45, 7) is 4.70. The number of hydrogen-bond acceptors (Lipinski definition) is 3. The maximum atomic E-state index is 6.21. The fourth-order valence-electron chi connectivity index (χ4n) is 9.04. The molecule has 3 heteroatoms. The van der Waals surface area contributed by atoms with Crippen LogP contribution in [-0.4, -0.2) is 9.97 Å². The number of aromatic nitrogens is 2. The second-order valence-electron chi connectivity index (χ2n) is 15.8. The first-order valence-corrected chi connectivity index (χ1v) is 19.9. The van der Waals surface area contributed by atoms with Crippen LogP contribution in [0.4, 0.5) is 0 Å². The van der Waals surface area contributed by atoms with Crippen LogP contribution in [0, 0.1) is 0 Å². The highest BCUT2D eigenvalue weighted by atomic mass is 16.3. The molecule has 8 aromatic carbocycles. The first-order chi connectivity index (χ1) is 28.5. The Morgan fingerprint density at radius 1 is 0.362 bits per heavy atom. The molecule has 0 atom stereocenters. The molecule has 2 heterocycles. The standard InChI is InChI=1S/C55H38N2O/c1-55(2)48-25-11-9-21-44(48)46-24-14-23-43(53(46)55)38-19-13-20-39(29-38)49-34-50(57-54(56-49)36-17-7-4-8-18-36)42-31-40(35-15-5-3-6-16-35)30-41(32-42)37-27-28-52-47(33-37)45-22-10-12-26-51(45)58-52/h3-34H,1-2H3. The van der Waals surface area contributed by atoms with Crippen molar-refractivity contribution < 1.29 is 4.42 Å². The van der Waals surface area contributed by atoms with E-state index < -0.39 is 0 Å². The van der Waals surface area contributed by atoms with Crippen LogP contribution in [0.15, 0.2) is 199 Å². The van der Waals surface area contributed by atoms with Gasteiger partial charge in [0.1, 0.15) is 11.2 Å². The van der Waals surface area contributed by atoms with Crippen molar-refractivity contribution in [1.29, 1.82) is 0 Å². The highest BCUT2D eigenvalue weighted by Gasteiger charge is 2.37. The largest absolute Gasteiger partial charge is 0.456 e. The van der Waals surface area contributed by atoms with Gasteiger partial charge in [-0.15, -0.1) is 0 Å². The van der Waals surface area contributed by atoms with Crippen LogP contribution in [0.2, 0.25) is 0 Å². The van der Waals surface area contributed by atoms with Crippen LogP contribution in [0.1, 0.15) is 25.0 Å². The summed E-state index contributed by atoms with van der Waals surface area (Å²) in [6, 6.07) is 69.0. The molecule has 0 radical (unpaired) electrons. The number of benzene rings is 8. The molecule has 0 aliphatic heterocycles. The average Bonchev–Trinajstić information content (AvgIpc) is 3.78. The quantitative estimate of drug-likeness (QED) is 0.170. The van der Waals surface area contributed by atoms with E-state index in [0.717, 1.165) is 72.3 Å². The Bertz CT molecular complexity index is 3190. The lowest BCUT2D eigenvalue weighted by Crippen LogP contribution is -2.16. The van der Waals surface area contributed by atoms with Crippen LogP contribution >= 0.6 is 0 Å². The summed E-state index contributed by atoms with van der Waals surface area (Å²) in [6.07, 6.45) is 0. The van der Waals surface area contributed by atoms with E-state index >= 15 is 0 Å². The molecule has 0 N–H and O–H groups in total. The molecule has 0 fully saturated rings. The molecule has 3 nitrogen and oxygen atoms in total. The fraction of sp³-hybridized carbons (Fsp3) is 0.0545. The Hall–Kier alpha value is -7.36. The molecule has 0 unspecified atom stereocenters. The molecule has 0 spiro atoms. The summed E-state index contributed by atoms with van der Waals surface area (Å²) >= 11 is 0. The molecule has 1 aliphatic carbocycles. The van der Waals surface area contributed by atoms with Crippen LogP contribution in [0.25, 0.3) is 100 Å². The van der Waals surface area contributed by atoms with Gasteiger partial charge in [-0.2, -0.15) is 0 Å². The van der Waals surface area contributed by atoms with Crippen molar-refractivity contribution in [3.8, 4) is 78.4 Å². The molecule has 274 valence electrons. The van der Waals surface area contributed by atoms with Gasteiger partial charge in [-0.1, -0.05) is 159 Å². The van der Waals surface area contributed by atoms with Crippen molar-refractivity contribution in [3.05, 3.63) is 205 Å². The Balaban J connectivity index is 1.09. The number of rotatable bonds is 6. The lowest BCUT2D eigenvalue weighted by atomic mass is 9.78. The molecule has 0 saturated heterocycles. The number of furan rings is 1. The lowest BCUT2D eigenvalue weighted by Gasteiger charge is -2.24. The summed E-state index contributed by atoms with van der Waals surface area (Å²) in [4.78, 5) is 10.6. The van der Waals surface area contributed by atoms with Crippen molar-refractivity contribution >= 4 is 21.9 Å². The molecule has 10 aromatic rings. The minimum absolute atomic E-state index is 0.127. The molecule has 0 bridgehead atoms. The van der Waals surface area contributed by atoms with Crippen molar-refractivity contribution in [2.45, 2.75) is 19.3 Å². The van der Waals surface area contributed by atoms with Crippen LogP contribution in [0.3, 0.4) is 0 Å². The summed E-state index contributed by atoms with van der Waals surface area (Å²) < 4.78 is 6.21. The lowest BCUT2D eigenvalue weighted by molar-refractivity contribution is 0.662. The van der Waals surface area contributed by atoms with Gasteiger partial charge in [-0.05, 0) is 104 Å². The summed E-state index contributed by atoms with van der Waals surface area (Å²) in [5.41, 5.74) is 18.7. The third-order valence-corrected chi connectivity index (χ3v) is 11.9. The molecule has 58 heavy (non-hydrogen) atoms. The maximum absolute atomic E-state index is 6.21. The highest BCUT2D eigenvalue weighted by Crippen LogP contribution is 2.52. The molecular formula is C55H38N2O. The molecular weight excluding hydrogens is 705 g/mol. The first-order valence-electron chi connectivity index (χ1n) is 19.9. The van der Waals surface area contributed by atoms with Crippen LogP contribution in [0.5, 0.6) is 0 Å². The summed E-state index contributed by atoms with van der Waals surface area (Å²) in [5.74, 6) is 0.689. The number of fused-ring (bicyclic) bond motifs is 6. The van der Waals surface area contributed by atoms with E-state index in [2.05, 4.69) is 178 Å². The molecule has 2 aromatic heterocycles. The number of hydrogen-bond donors (Lipinski definition) is 0. The maximum Gasteiger partial charge on any atom is 0.160 e. The number of para-hydroxylation sites is 1. The van der Waals surface area contributed by atoms with E-state index in [1.54, 1.807) is 0 Å². The molecule has 1 aliphatic rings. The highest BCUT2D eigenvalue weighted by molar-refractivity contribution is 6.06. The van der Waals surface area contributed by atoms with Gasteiger partial charge < -0.3 is 4.42 Å². The van der Waals surface area contributed by atoms with Gasteiger partial charge in [-0.3, -0.25) is 0 Å². The van der Waals surface area contributed by atoms with Crippen molar-refractivity contribution in [1.82, 2.24) is 9.97 Å². The average molecular weight is 743 g/mol. The van der Waals surface area contributed by atoms with Crippen molar-refractivity contribution in [2.24, 2.45) is 0 Å². The van der Waals surface area contributed by atoms with Crippen LogP contribution in [-0.2, 0) is 5.41 Å². The third-order valence-electron chi connectivity index (χ3n) is 11.9. The predicted molar refractivity (Wildman–Crippen MR) is 239 cm³/mol. The van der Waals surface area contributed by atoms with E-state index in [1.807, 2.05) is 30.3 Å². The normalized spacial score (nSPS) is 12.8. The minimum atomic E-state index is -0.127. The van der Waals surface area contributed by atoms with Gasteiger partial charge >= 0.3 is 0 Å². The third kappa shape index (κ3) is 5.66. The van der Waals surface area contributed by atoms with Crippen molar-refractivity contribution in [2.75, 3.05) is 0 Å².